The maximum absolute atomic E-state index is 10.8. The first-order valence-corrected chi connectivity index (χ1v) is 5.24. The van der Waals surface area contributed by atoms with Crippen LogP contribution in [0, 0.1) is 0 Å². The molecule has 0 fully saturated rings. The van der Waals surface area contributed by atoms with Gasteiger partial charge in [-0.3, -0.25) is 0 Å². The molecule has 0 unspecified atom stereocenters. The number of aromatic nitrogens is 3. The van der Waals surface area contributed by atoms with Gasteiger partial charge in [0.2, 0.25) is 5.82 Å². The molecule has 0 atom stereocenters. The maximum Gasteiger partial charge on any atom is 0.371 e. The van der Waals surface area contributed by atoms with E-state index in [2.05, 4.69) is 15.0 Å². The Kier molecular flexibility index (Phi) is 2.09. The topological polar surface area (TPSA) is 102 Å². The van der Waals surface area contributed by atoms with Gasteiger partial charge in [0, 0.05) is 22.7 Å². The quantitative estimate of drug-likeness (QED) is 0.552. The molecule has 2 aromatic heterocycles. The normalized spacial score (nSPS) is 10.9. The Morgan fingerprint density at radius 1 is 1.33 bits per heavy atom. The number of hydrogen-bond donors (Lipinski definition) is 4. The highest BCUT2D eigenvalue weighted by Crippen LogP contribution is 2.29. The number of rotatable bonds is 2. The van der Waals surface area contributed by atoms with Crippen LogP contribution in [0.1, 0.15) is 10.6 Å². The van der Waals surface area contributed by atoms with Gasteiger partial charge < -0.3 is 20.2 Å². The van der Waals surface area contributed by atoms with Gasteiger partial charge in [0.05, 0.1) is 11.9 Å². The number of carboxylic acids is 1. The lowest BCUT2D eigenvalue weighted by Gasteiger charge is -1.96. The molecule has 3 rings (SSSR count). The van der Waals surface area contributed by atoms with Crippen LogP contribution in [0.5, 0.6) is 5.75 Å². The molecule has 6 heteroatoms. The Labute approximate surface area is 101 Å². The van der Waals surface area contributed by atoms with Crippen LogP contribution >= 0.6 is 0 Å². The molecule has 0 aliphatic rings. The molecule has 90 valence electrons. The third-order valence-corrected chi connectivity index (χ3v) is 2.73. The average molecular weight is 243 g/mol. The number of phenols is 1. The van der Waals surface area contributed by atoms with Gasteiger partial charge >= 0.3 is 5.97 Å². The van der Waals surface area contributed by atoms with Crippen molar-refractivity contribution in [3.8, 4) is 17.0 Å². The number of nitrogens with zero attached hydrogens (tertiary/aromatic N) is 1. The van der Waals surface area contributed by atoms with Crippen LogP contribution < -0.4 is 0 Å². The molecule has 1 aromatic carbocycles. The molecule has 2 heterocycles. The van der Waals surface area contributed by atoms with Crippen LogP contribution in [-0.2, 0) is 0 Å². The minimum atomic E-state index is -1.11. The summed E-state index contributed by atoms with van der Waals surface area (Å²) < 4.78 is 0. The molecule has 0 bridgehead atoms. The van der Waals surface area contributed by atoms with Gasteiger partial charge in [-0.25, -0.2) is 9.78 Å². The van der Waals surface area contributed by atoms with Gasteiger partial charge in [-0.2, -0.15) is 0 Å². The van der Waals surface area contributed by atoms with Crippen molar-refractivity contribution in [2.24, 2.45) is 0 Å². The fourth-order valence-electron chi connectivity index (χ4n) is 1.90. The minimum Gasteiger partial charge on any atom is -0.508 e. The molecule has 0 spiro atoms. The minimum absolute atomic E-state index is 0.112. The molecule has 0 saturated heterocycles. The summed E-state index contributed by atoms with van der Waals surface area (Å²) in [6.07, 6.45) is 3.19. The number of H-pyrrole nitrogens is 2. The summed E-state index contributed by atoms with van der Waals surface area (Å²) in [5.74, 6) is -1.07. The number of phenolic OH excluding ortho intramolecular Hbond substituents is 1. The number of carbonyl (C=O) groups is 1. The van der Waals surface area contributed by atoms with E-state index in [1.165, 1.54) is 6.20 Å². The van der Waals surface area contributed by atoms with Gasteiger partial charge in [0.1, 0.15) is 5.75 Å². The highest BCUT2D eigenvalue weighted by Gasteiger charge is 2.12. The molecule has 0 saturated carbocycles. The maximum atomic E-state index is 10.8. The first-order chi connectivity index (χ1) is 8.65. The predicted molar refractivity (Wildman–Crippen MR) is 64.5 cm³/mol. The van der Waals surface area contributed by atoms with Gasteiger partial charge in [-0.05, 0) is 18.2 Å². The fraction of sp³-hybridized carbons (Fsp3) is 0. The highest BCUT2D eigenvalue weighted by molar-refractivity contribution is 5.96. The number of imidazole rings is 1. The molecular formula is C12H9N3O3. The summed E-state index contributed by atoms with van der Waals surface area (Å²) in [6.45, 7) is 0. The van der Waals surface area contributed by atoms with E-state index in [1.54, 1.807) is 24.4 Å². The van der Waals surface area contributed by atoms with Crippen LogP contribution in [0.2, 0.25) is 0 Å². The third kappa shape index (κ3) is 1.51. The molecular weight excluding hydrogens is 234 g/mol. The number of nitrogens with one attached hydrogen (secondary N) is 2. The summed E-state index contributed by atoms with van der Waals surface area (Å²) in [6, 6.07) is 4.95. The molecule has 6 nitrogen and oxygen atoms in total. The third-order valence-electron chi connectivity index (χ3n) is 2.73. The molecule has 4 N–H and O–H groups in total. The first kappa shape index (κ1) is 10.4. The van der Waals surface area contributed by atoms with E-state index in [4.69, 9.17) is 5.11 Å². The van der Waals surface area contributed by atoms with E-state index >= 15 is 0 Å². The molecule has 18 heavy (non-hydrogen) atoms. The van der Waals surface area contributed by atoms with Crippen molar-refractivity contribution in [2.75, 3.05) is 0 Å². The van der Waals surface area contributed by atoms with Gasteiger partial charge in [-0.15, -0.1) is 0 Å². The van der Waals surface area contributed by atoms with Crippen LogP contribution in [0.15, 0.2) is 30.6 Å². The van der Waals surface area contributed by atoms with Crippen molar-refractivity contribution in [1.29, 1.82) is 0 Å². The SMILES string of the molecule is O=C(O)c1ncc(-c2c[nH]c3ccc(O)cc23)[nH]1. The van der Waals surface area contributed by atoms with Crippen molar-refractivity contribution in [3.63, 3.8) is 0 Å². The summed E-state index contributed by atoms with van der Waals surface area (Å²) in [5.41, 5.74) is 2.21. The molecule has 0 amide bonds. The second-order valence-electron chi connectivity index (χ2n) is 3.88. The summed E-state index contributed by atoms with van der Waals surface area (Å²) in [4.78, 5) is 20.3. The van der Waals surface area contributed by atoms with E-state index in [-0.39, 0.29) is 11.6 Å². The lowest BCUT2D eigenvalue weighted by Crippen LogP contribution is -1.98. The Bertz CT molecular complexity index is 742. The largest absolute Gasteiger partial charge is 0.508 e. The molecule has 3 aromatic rings. The Balaban J connectivity index is 2.18. The predicted octanol–water partition coefficient (Wildman–Crippen LogP) is 1.96. The van der Waals surface area contributed by atoms with Crippen LogP contribution in [-0.4, -0.2) is 31.1 Å². The van der Waals surface area contributed by atoms with Gasteiger partial charge in [0.25, 0.3) is 0 Å². The van der Waals surface area contributed by atoms with E-state index in [1.807, 2.05) is 0 Å². The van der Waals surface area contributed by atoms with Crippen molar-refractivity contribution in [1.82, 2.24) is 15.0 Å². The zero-order valence-corrected chi connectivity index (χ0v) is 9.14. The molecule has 0 aliphatic carbocycles. The van der Waals surface area contributed by atoms with Crippen molar-refractivity contribution in [3.05, 3.63) is 36.4 Å². The van der Waals surface area contributed by atoms with Crippen LogP contribution in [0.3, 0.4) is 0 Å². The number of fused-ring (bicyclic) bond motifs is 1. The second kappa shape index (κ2) is 3.63. The number of benzene rings is 1. The van der Waals surface area contributed by atoms with Crippen molar-refractivity contribution < 1.29 is 15.0 Å². The molecule has 0 radical (unpaired) electrons. The highest BCUT2D eigenvalue weighted by atomic mass is 16.4. The van der Waals surface area contributed by atoms with Gasteiger partial charge in [-0.1, -0.05) is 0 Å². The zero-order valence-electron chi connectivity index (χ0n) is 9.14. The number of aromatic hydroxyl groups is 1. The Hall–Kier alpha value is -2.76. The van der Waals surface area contributed by atoms with Crippen molar-refractivity contribution >= 4 is 16.9 Å². The first-order valence-electron chi connectivity index (χ1n) is 5.24. The number of aromatic carboxylic acids is 1. The van der Waals surface area contributed by atoms with E-state index in [9.17, 15) is 9.90 Å². The summed E-state index contributed by atoms with van der Waals surface area (Å²) >= 11 is 0. The fourth-order valence-corrected chi connectivity index (χ4v) is 1.90. The number of hydrogen-bond acceptors (Lipinski definition) is 3. The average Bonchev–Trinajstić information content (AvgIpc) is 2.93. The van der Waals surface area contributed by atoms with Gasteiger partial charge in [0.15, 0.2) is 0 Å². The Morgan fingerprint density at radius 3 is 2.89 bits per heavy atom. The van der Waals surface area contributed by atoms with Crippen LogP contribution in [0.4, 0.5) is 0 Å². The molecule has 0 aliphatic heterocycles. The lowest BCUT2D eigenvalue weighted by molar-refractivity contribution is 0.0685. The smallest absolute Gasteiger partial charge is 0.371 e. The van der Waals surface area contributed by atoms with E-state index < -0.39 is 5.97 Å². The Morgan fingerprint density at radius 2 is 2.17 bits per heavy atom. The van der Waals surface area contributed by atoms with E-state index in [0.29, 0.717) is 5.69 Å². The van der Waals surface area contributed by atoms with E-state index in [0.717, 1.165) is 16.5 Å². The van der Waals surface area contributed by atoms with Crippen LogP contribution in [0.25, 0.3) is 22.2 Å². The van der Waals surface area contributed by atoms with Crippen molar-refractivity contribution in [2.45, 2.75) is 0 Å². The number of carboxylic acid groups (broad SMARTS) is 1. The lowest BCUT2D eigenvalue weighted by atomic mass is 10.1. The zero-order chi connectivity index (χ0) is 12.7. The standard InChI is InChI=1S/C12H9N3O3/c16-6-1-2-9-7(3-6)8(4-13-9)10-5-14-11(15-10)12(17)18/h1-5,13,16H,(H,14,15)(H,17,18). The summed E-state index contributed by atoms with van der Waals surface area (Å²) in [7, 11) is 0. The monoisotopic (exact) mass is 243 g/mol. The number of aromatic amines is 2. The summed E-state index contributed by atoms with van der Waals surface area (Å²) in [5, 5.41) is 19.1. The second-order valence-corrected chi connectivity index (χ2v) is 3.88.